The molecule has 9 heteroatoms. The molecule has 2 aromatic carbocycles. The summed E-state index contributed by atoms with van der Waals surface area (Å²) < 4.78 is 31.4. The van der Waals surface area contributed by atoms with E-state index in [1.807, 2.05) is 24.5 Å². The number of amides is 1. The minimum Gasteiger partial charge on any atom is -0.478 e. The quantitative estimate of drug-likeness (QED) is 0.755. The first-order chi connectivity index (χ1) is 12.8. The number of nitrogens with zero attached hydrogens (tertiary/aromatic N) is 1. The van der Waals surface area contributed by atoms with E-state index in [4.69, 9.17) is 16.3 Å². The van der Waals surface area contributed by atoms with Gasteiger partial charge in [0.25, 0.3) is 5.91 Å². The van der Waals surface area contributed by atoms with Gasteiger partial charge in [-0.1, -0.05) is 17.7 Å². The van der Waals surface area contributed by atoms with Gasteiger partial charge in [0.1, 0.15) is 5.75 Å². The average molecular weight is 427 g/mol. The van der Waals surface area contributed by atoms with Gasteiger partial charge in [-0.15, -0.1) is 11.8 Å². The first-order valence-corrected chi connectivity index (χ1v) is 11.6. The molecule has 27 heavy (non-hydrogen) atoms. The largest absolute Gasteiger partial charge is 0.478 e. The topological polar surface area (TPSA) is 75.7 Å². The van der Waals surface area contributed by atoms with Crippen LogP contribution in [0, 0.1) is 0 Å². The lowest BCUT2D eigenvalue weighted by Gasteiger charge is -2.21. The Kier molecular flexibility index (Phi) is 5.88. The zero-order chi connectivity index (χ0) is 19.6. The summed E-state index contributed by atoms with van der Waals surface area (Å²) in [6.45, 7) is 0.120. The van der Waals surface area contributed by atoms with Crippen LogP contribution in [0.4, 0.5) is 11.4 Å². The van der Waals surface area contributed by atoms with Gasteiger partial charge in [0.05, 0.1) is 11.9 Å². The van der Waals surface area contributed by atoms with Crippen LogP contribution in [0.1, 0.15) is 6.42 Å². The molecule has 1 aliphatic rings. The molecule has 0 aromatic heterocycles. The van der Waals surface area contributed by atoms with Gasteiger partial charge < -0.3 is 10.1 Å². The van der Waals surface area contributed by atoms with Crippen molar-refractivity contribution in [2.24, 2.45) is 0 Å². The van der Waals surface area contributed by atoms with Crippen molar-refractivity contribution in [3.8, 4) is 5.75 Å². The molecule has 0 unspecified atom stereocenters. The number of thioether (sulfide) groups is 1. The number of fused-ring (bicyclic) bond motifs is 1. The molecule has 2 aromatic rings. The molecule has 0 saturated heterocycles. The number of carbonyl (C=O) groups excluding carboxylic acids is 1. The molecule has 0 aliphatic carbocycles. The van der Waals surface area contributed by atoms with Crippen LogP contribution >= 0.6 is 23.4 Å². The second-order valence-corrected chi connectivity index (χ2v) is 9.29. The molecule has 0 saturated carbocycles. The second kappa shape index (κ2) is 8.00. The third-order valence-electron chi connectivity index (χ3n) is 4.08. The summed E-state index contributed by atoms with van der Waals surface area (Å²) in [5.41, 5.74) is 1.00. The van der Waals surface area contributed by atoms with E-state index in [1.54, 1.807) is 30.0 Å². The minimum atomic E-state index is -3.54. The van der Waals surface area contributed by atoms with Crippen molar-refractivity contribution in [3.05, 3.63) is 47.5 Å². The van der Waals surface area contributed by atoms with E-state index in [9.17, 15) is 13.2 Å². The van der Waals surface area contributed by atoms with E-state index in [1.165, 1.54) is 10.4 Å². The SMILES string of the molecule is CSc1cccc(NC(=O)[C@@H]2CCN(S(C)(=O)=O)c3cc(Cl)ccc3O2)c1. The van der Waals surface area contributed by atoms with E-state index in [2.05, 4.69) is 5.32 Å². The maximum absolute atomic E-state index is 12.7. The Bertz CT molecular complexity index is 966. The number of anilines is 2. The third kappa shape index (κ3) is 4.69. The molecule has 144 valence electrons. The van der Waals surface area contributed by atoms with Gasteiger partial charge in [-0.25, -0.2) is 8.42 Å². The number of benzene rings is 2. The molecule has 1 aliphatic heterocycles. The number of nitrogens with one attached hydrogen (secondary N) is 1. The Morgan fingerprint density at radius 2 is 2.07 bits per heavy atom. The van der Waals surface area contributed by atoms with Crippen LogP contribution < -0.4 is 14.4 Å². The predicted molar refractivity (Wildman–Crippen MR) is 110 cm³/mol. The van der Waals surface area contributed by atoms with Crippen molar-refractivity contribution < 1.29 is 17.9 Å². The summed E-state index contributed by atoms with van der Waals surface area (Å²) in [5.74, 6) is -0.0233. The molecule has 6 nitrogen and oxygen atoms in total. The minimum absolute atomic E-state index is 0.120. The van der Waals surface area contributed by atoms with E-state index in [0.717, 1.165) is 11.2 Å². The summed E-state index contributed by atoms with van der Waals surface area (Å²) in [7, 11) is -3.54. The predicted octanol–water partition coefficient (Wildman–Crippen LogP) is 3.62. The maximum atomic E-state index is 12.7. The fourth-order valence-electron chi connectivity index (χ4n) is 2.80. The maximum Gasteiger partial charge on any atom is 0.265 e. The fraction of sp³-hybridized carbons (Fsp3) is 0.278. The molecule has 1 N–H and O–H groups in total. The Morgan fingerprint density at radius 3 is 2.78 bits per heavy atom. The number of hydrogen-bond acceptors (Lipinski definition) is 5. The van der Waals surface area contributed by atoms with Gasteiger partial charge in [-0.3, -0.25) is 9.10 Å². The van der Waals surface area contributed by atoms with Crippen molar-refractivity contribution in [3.63, 3.8) is 0 Å². The smallest absolute Gasteiger partial charge is 0.265 e. The highest BCUT2D eigenvalue weighted by molar-refractivity contribution is 7.98. The van der Waals surface area contributed by atoms with Crippen molar-refractivity contribution in [1.82, 2.24) is 0 Å². The van der Waals surface area contributed by atoms with E-state index in [-0.39, 0.29) is 18.9 Å². The summed E-state index contributed by atoms with van der Waals surface area (Å²) in [4.78, 5) is 13.7. The number of rotatable bonds is 4. The van der Waals surface area contributed by atoms with Gasteiger partial charge in [0.2, 0.25) is 10.0 Å². The van der Waals surface area contributed by atoms with Crippen LogP contribution in [-0.4, -0.2) is 39.5 Å². The normalized spacial score (nSPS) is 16.9. The molecule has 0 bridgehead atoms. The number of carbonyl (C=O) groups is 1. The third-order valence-corrected chi connectivity index (χ3v) is 6.22. The van der Waals surface area contributed by atoms with Crippen LogP contribution in [-0.2, 0) is 14.8 Å². The van der Waals surface area contributed by atoms with E-state index >= 15 is 0 Å². The highest BCUT2D eigenvalue weighted by atomic mass is 35.5. The van der Waals surface area contributed by atoms with Crippen molar-refractivity contribution in [2.45, 2.75) is 17.4 Å². The Hall–Kier alpha value is -1.90. The van der Waals surface area contributed by atoms with Crippen LogP contribution in [0.2, 0.25) is 5.02 Å². The highest BCUT2D eigenvalue weighted by Crippen LogP contribution is 2.36. The summed E-state index contributed by atoms with van der Waals surface area (Å²) in [5, 5.41) is 3.23. The molecule has 1 amide bonds. The molecule has 1 heterocycles. The lowest BCUT2D eigenvalue weighted by Crippen LogP contribution is -2.35. The molecule has 0 fully saturated rings. The first kappa shape index (κ1) is 19.9. The van der Waals surface area contributed by atoms with Gasteiger partial charge in [0.15, 0.2) is 6.10 Å². The van der Waals surface area contributed by atoms with Gasteiger partial charge >= 0.3 is 0 Å². The van der Waals surface area contributed by atoms with Crippen molar-refractivity contribution in [2.75, 3.05) is 28.7 Å². The number of hydrogen-bond donors (Lipinski definition) is 1. The average Bonchev–Trinajstić information content (AvgIpc) is 2.81. The zero-order valence-corrected chi connectivity index (χ0v) is 17.2. The van der Waals surface area contributed by atoms with E-state index < -0.39 is 16.1 Å². The van der Waals surface area contributed by atoms with Gasteiger partial charge in [-0.05, 0) is 42.7 Å². The summed E-state index contributed by atoms with van der Waals surface area (Å²) in [6.07, 6.45) is 2.46. The van der Waals surface area contributed by atoms with Crippen molar-refractivity contribution in [1.29, 1.82) is 0 Å². The molecule has 0 spiro atoms. The Labute approximate surface area is 167 Å². The standard InChI is InChI=1S/C18H19ClN2O4S2/c1-26-14-5-3-4-13(11-14)20-18(22)17-8-9-21(27(2,23)24)15-10-12(19)6-7-16(15)25-17/h3-7,10-11,17H,8-9H2,1-2H3,(H,20,22)/t17-/m0/s1. The first-order valence-electron chi connectivity index (χ1n) is 8.17. The monoisotopic (exact) mass is 426 g/mol. The van der Waals surface area contributed by atoms with Crippen LogP contribution in [0.15, 0.2) is 47.4 Å². The highest BCUT2D eigenvalue weighted by Gasteiger charge is 2.31. The lowest BCUT2D eigenvalue weighted by atomic mass is 10.2. The molecular weight excluding hydrogens is 408 g/mol. The lowest BCUT2D eigenvalue weighted by molar-refractivity contribution is -0.122. The number of halogens is 1. The fourth-order valence-corrected chi connectivity index (χ4v) is 4.37. The molecule has 3 rings (SSSR count). The Morgan fingerprint density at radius 1 is 1.30 bits per heavy atom. The number of ether oxygens (including phenoxy) is 1. The summed E-state index contributed by atoms with van der Waals surface area (Å²) in [6, 6.07) is 12.2. The molecular formula is C18H19ClN2O4S2. The summed E-state index contributed by atoms with van der Waals surface area (Å²) >= 11 is 7.60. The number of sulfonamides is 1. The van der Waals surface area contributed by atoms with Crippen LogP contribution in [0.5, 0.6) is 5.75 Å². The van der Waals surface area contributed by atoms with Crippen LogP contribution in [0.25, 0.3) is 0 Å². The second-order valence-electron chi connectivity index (χ2n) is 6.06. The molecule has 1 atom stereocenters. The Balaban J connectivity index is 1.86. The van der Waals surface area contributed by atoms with Gasteiger partial charge in [-0.2, -0.15) is 0 Å². The van der Waals surface area contributed by atoms with Gasteiger partial charge in [0, 0.05) is 28.6 Å². The zero-order valence-electron chi connectivity index (χ0n) is 14.8. The molecule has 0 radical (unpaired) electrons. The van der Waals surface area contributed by atoms with Crippen molar-refractivity contribution >= 4 is 50.7 Å². The van der Waals surface area contributed by atoms with Crippen LogP contribution in [0.3, 0.4) is 0 Å². The van der Waals surface area contributed by atoms with E-state index in [0.29, 0.717) is 22.1 Å².